The van der Waals surface area contributed by atoms with E-state index in [2.05, 4.69) is 15.3 Å². The lowest BCUT2D eigenvalue weighted by molar-refractivity contribution is 0.102. The highest BCUT2D eigenvalue weighted by Crippen LogP contribution is 2.28. The standard InChI is InChI=1S/C22H25ClN4O4/c1-11(2)10-27-19-18(21(29)26-22(27)30)14(9-16(25-19)12(3)4)20(28)24-13-6-7-17(31-5)15(23)8-13/h6-9,11-12H,10H2,1-5H3,(H,24,28)(H,26,29,30). The van der Waals surface area contributed by atoms with Crippen LogP contribution in [-0.2, 0) is 6.54 Å². The predicted molar refractivity (Wildman–Crippen MR) is 122 cm³/mol. The van der Waals surface area contributed by atoms with Gasteiger partial charge < -0.3 is 10.1 Å². The minimum absolute atomic E-state index is 0.0201. The van der Waals surface area contributed by atoms with Gasteiger partial charge in [0.1, 0.15) is 5.75 Å². The number of halogens is 1. The Morgan fingerprint density at radius 1 is 1.23 bits per heavy atom. The van der Waals surface area contributed by atoms with Gasteiger partial charge in [0, 0.05) is 17.9 Å². The summed E-state index contributed by atoms with van der Waals surface area (Å²) in [5.74, 6) is 0.0874. The number of anilines is 1. The molecule has 1 amide bonds. The number of hydrogen-bond acceptors (Lipinski definition) is 5. The Labute approximate surface area is 184 Å². The SMILES string of the molecule is COc1ccc(NC(=O)c2cc(C(C)C)nc3c2c(=O)[nH]c(=O)n3CC(C)C)cc1Cl. The second kappa shape index (κ2) is 8.93. The van der Waals surface area contributed by atoms with E-state index in [1.54, 1.807) is 24.3 Å². The van der Waals surface area contributed by atoms with Gasteiger partial charge in [0.15, 0.2) is 5.65 Å². The Morgan fingerprint density at radius 2 is 1.94 bits per heavy atom. The van der Waals surface area contributed by atoms with Crippen molar-refractivity contribution in [2.75, 3.05) is 12.4 Å². The number of benzene rings is 1. The number of fused-ring (bicyclic) bond motifs is 1. The van der Waals surface area contributed by atoms with Crippen molar-refractivity contribution in [1.82, 2.24) is 14.5 Å². The first kappa shape index (κ1) is 22.6. The van der Waals surface area contributed by atoms with E-state index in [9.17, 15) is 14.4 Å². The molecule has 31 heavy (non-hydrogen) atoms. The van der Waals surface area contributed by atoms with Crippen molar-refractivity contribution in [2.45, 2.75) is 40.2 Å². The summed E-state index contributed by atoms with van der Waals surface area (Å²) in [4.78, 5) is 45.2. The van der Waals surface area contributed by atoms with Gasteiger partial charge in [-0.15, -0.1) is 0 Å². The number of carbonyl (C=O) groups excluding carboxylic acids is 1. The maximum atomic E-state index is 13.2. The van der Waals surface area contributed by atoms with Gasteiger partial charge in [-0.25, -0.2) is 9.78 Å². The number of nitrogens with one attached hydrogen (secondary N) is 2. The average Bonchev–Trinajstić information content (AvgIpc) is 2.70. The first-order valence-corrected chi connectivity index (χ1v) is 10.3. The van der Waals surface area contributed by atoms with E-state index in [4.69, 9.17) is 16.3 Å². The zero-order chi connectivity index (χ0) is 22.9. The van der Waals surface area contributed by atoms with Crippen LogP contribution in [0, 0.1) is 5.92 Å². The van der Waals surface area contributed by atoms with Crippen molar-refractivity contribution >= 4 is 34.2 Å². The second-order valence-corrected chi connectivity index (χ2v) is 8.42. The molecule has 0 bridgehead atoms. The van der Waals surface area contributed by atoms with Gasteiger partial charge in [-0.1, -0.05) is 39.3 Å². The molecule has 0 saturated carbocycles. The fourth-order valence-electron chi connectivity index (χ4n) is 3.25. The highest BCUT2D eigenvalue weighted by atomic mass is 35.5. The monoisotopic (exact) mass is 444 g/mol. The lowest BCUT2D eigenvalue weighted by atomic mass is 10.0. The van der Waals surface area contributed by atoms with Crippen molar-refractivity contribution in [3.8, 4) is 5.75 Å². The number of aromatic amines is 1. The molecule has 3 aromatic rings. The minimum Gasteiger partial charge on any atom is -0.495 e. The van der Waals surface area contributed by atoms with Crippen LogP contribution in [0.3, 0.4) is 0 Å². The molecule has 0 aliphatic carbocycles. The molecule has 164 valence electrons. The number of pyridine rings is 1. The second-order valence-electron chi connectivity index (χ2n) is 8.02. The lowest BCUT2D eigenvalue weighted by Crippen LogP contribution is -2.33. The maximum Gasteiger partial charge on any atom is 0.330 e. The topological polar surface area (TPSA) is 106 Å². The third kappa shape index (κ3) is 4.64. The fraction of sp³-hybridized carbons (Fsp3) is 0.364. The molecule has 0 fully saturated rings. The van der Waals surface area contributed by atoms with Crippen molar-refractivity contribution in [3.05, 3.63) is 61.4 Å². The molecular weight excluding hydrogens is 420 g/mol. The van der Waals surface area contributed by atoms with E-state index in [0.717, 1.165) is 0 Å². The van der Waals surface area contributed by atoms with E-state index in [-0.39, 0.29) is 28.4 Å². The summed E-state index contributed by atoms with van der Waals surface area (Å²) in [7, 11) is 1.50. The highest BCUT2D eigenvalue weighted by molar-refractivity contribution is 6.32. The summed E-state index contributed by atoms with van der Waals surface area (Å²) in [6.07, 6.45) is 0. The van der Waals surface area contributed by atoms with Gasteiger partial charge in [-0.2, -0.15) is 0 Å². The number of H-pyrrole nitrogens is 1. The molecule has 0 atom stereocenters. The first-order valence-electron chi connectivity index (χ1n) is 9.95. The number of carbonyl (C=O) groups is 1. The van der Waals surface area contributed by atoms with E-state index in [0.29, 0.717) is 28.7 Å². The number of aromatic nitrogens is 3. The Morgan fingerprint density at radius 3 is 2.52 bits per heavy atom. The van der Waals surface area contributed by atoms with E-state index >= 15 is 0 Å². The number of amides is 1. The average molecular weight is 445 g/mol. The van der Waals surface area contributed by atoms with Crippen molar-refractivity contribution < 1.29 is 9.53 Å². The Bertz CT molecular complexity index is 1260. The van der Waals surface area contributed by atoms with Gasteiger partial charge in [-0.3, -0.25) is 19.1 Å². The van der Waals surface area contributed by atoms with Crippen LogP contribution in [0.1, 0.15) is 49.7 Å². The molecule has 2 N–H and O–H groups in total. The molecule has 8 nitrogen and oxygen atoms in total. The predicted octanol–water partition coefficient (Wildman–Crippen LogP) is 3.78. The van der Waals surface area contributed by atoms with Crippen LogP contribution in [-0.4, -0.2) is 27.6 Å². The largest absolute Gasteiger partial charge is 0.495 e. The van der Waals surface area contributed by atoms with Gasteiger partial charge in [0.2, 0.25) is 0 Å². The van der Waals surface area contributed by atoms with Crippen molar-refractivity contribution in [3.63, 3.8) is 0 Å². The highest BCUT2D eigenvalue weighted by Gasteiger charge is 2.21. The van der Waals surface area contributed by atoms with Gasteiger partial charge >= 0.3 is 5.69 Å². The molecule has 0 aliphatic heterocycles. The fourth-order valence-corrected chi connectivity index (χ4v) is 3.50. The summed E-state index contributed by atoms with van der Waals surface area (Å²) in [6.45, 7) is 8.12. The van der Waals surface area contributed by atoms with Crippen LogP contribution in [0.4, 0.5) is 5.69 Å². The molecule has 9 heteroatoms. The molecule has 3 rings (SSSR count). The summed E-state index contributed by atoms with van der Waals surface area (Å²) >= 11 is 6.15. The zero-order valence-electron chi connectivity index (χ0n) is 18.1. The first-order chi connectivity index (χ1) is 14.6. The maximum absolute atomic E-state index is 13.2. The van der Waals surface area contributed by atoms with Gasteiger partial charge in [0.25, 0.3) is 11.5 Å². The van der Waals surface area contributed by atoms with Crippen LogP contribution in [0.25, 0.3) is 11.0 Å². The molecule has 0 aliphatic rings. The van der Waals surface area contributed by atoms with Crippen LogP contribution >= 0.6 is 11.6 Å². The number of ether oxygens (including phenoxy) is 1. The summed E-state index contributed by atoms with van der Waals surface area (Å²) < 4.78 is 6.54. The molecule has 0 spiro atoms. The van der Waals surface area contributed by atoms with E-state index < -0.39 is 17.2 Å². The molecule has 0 saturated heterocycles. The Kier molecular flexibility index (Phi) is 6.50. The summed E-state index contributed by atoms with van der Waals surface area (Å²) in [5, 5.41) is 3.17. The number of hydrogen-bond donors (Lipinski definition) is 2. The Balaban J connectivity index is 2.21. The van der Waals surface area contributed by atoms with Crippen LogP contribution < -0.4 is 21.3 Å². The van der Waals surface area contributed by atoms with E-state index in [1.807, 2.05) is 27.7 Å². The normalized spacial score (nSPS) is 11.4. The van der Waals surface area contributed by atoms with Gasteiger partial charge in [0.05, 0.1) is 23.1 Å². The zero-order valence-corrected chi connectivity index (χ0v) is 18.8. The van der Waals surface area contributed by atoms with Gasteiger partial charge in [-0.05, 0) is 36.1 Å². The van der Waals surface area contributed by atoms with Crippen LogP contribution in [0.2, 0.25) is 5.02 Å². The number of methoxy groups -OCH3 is 1. The smallest absolute Gasteiger partial charge is 0.330 e. The molecular formula is C22H25ClN4O4. The van der Waals surface area contributed by atoms with Crippen molar-refractivity contribution in [2.24, 2.45) is 5.92 Å². The quantitative estimate of drug-likeness (QED) is 0.601. The molecule has 2 aromatic heterocycles. The molecule has 0 radical (unpaired) electrons. The summed E-state index contributed by atoms with van der Waals surface area (Å²) in [5.41, 5.74) is 0.186. The van der Waals surface area contributed by atoms with Crippen LogP contribution in [0.15, 0.2) is 33.9 Å². The van der Waals surface area contributed by atoms with Crippen molar-refractivity contribution in [1.29, 1.82) is 0 Å². The molecule has 0 unspecified atom stereocenters. The minimum atomic E-state index is -0.652. The Hall–Kier alpha value is -3.13. The van der Waals surface area contributed by atoms with E-state index in [1.165, 1.54) is 11.7 Å². The summed E-state index contributed by atoms with van der Waals surface area (Å²) in [6, 6.07) is 6.43. The van der Waals surface area contributed by atoms with Crippen LogP contribution in [0.5, 0.6) is 5.75 Å². The third-order valence-corrected chi connectivity index (χ3v) is 5.06. The molecule has 1 aromatic carbocycles. The number of rotatable bonds is 6. The lowest BCUT2D eigenvalue weighted by Gasteiger charge is -2.16. The third-order valence-electron chi connectivity index (χ3n) is 4.76. The molecule has 2 heterocycles. The number of nitrogens with zero attached hydrogens (tertiary/aromatic N) is 2.